The molecule has 2 saturated heterocycles. The molecule has 0 aliphatic carbocycles. The van der Waals surface area contributed by atoms with Gasteiger partial charge in [0.05, 0.1) is 18.9 Å². The summed E-state index contributed by atoms with van der Waals surface area (Å²) in [5.41, 5.74) is -0.821. The molecule has 0 radical (unpaired) electrons. The molecule has 1 unspecified atom stereocenters. The molecule has 2 fully saturated rings. The molecule has 0 aromatic heterocycles. The van der Waals surface area contributed by atoms with E-state index in [1.807, 2.05) is 0 Å². The van der Waals surface area contributed by atoms with Crippen LogP contribution in [0.1, 0.15) is 34.6 Å². The second-order valence-corrected chi connectivity index (χ2v) is 8.91. The first-order valence-corrected chi connectivity index (χ1v) is 9.28. The second kappa shape index (κ2) is 5.94. The third kappa shape index (κ3) is 4.24. The molecule has 10 heteroatoms. The van der Waals surface area contributed by atoms with Crippen LogP contribution in [0, 0.1) is 0 Å². The molecule has 3 atom stereocenters. The highest BCUT2D eigenvalue weighted by Gasteiger charge is 2.60. The summed E-state index contributed by atoms with van der Waals surface area (Å²) in [7, 11) is -3.76. The lowest BCUT2D eigenvalue weighted by Crippen LogP contribution is -2.48. The fraction of sp³-hybridized carbons (Fsp3) is 0.857. The number of carbonyl (C=O) groups is 2. The van der Waals surface area contributed by atoms with Crippen molar-refractivity contribution in [1.29, 1.82) is 0 Å². The molecule has 0 bridgehead atoms. The summed E-state index contributed by atoms with van der Waals surface area (Å²) in [6.45, 7) is 7.80. The van der Waals surface area contributed by atoms with Gasteiger partial charge < -0.3 is 14.2 Å². The number of fused-ring (bicyclic) bond motifs is 1. The molecule has 0 aromatic rings. The van der Waals surface area contributed by atoms with Crippen molar-refractivity contribution in [2.75, 3.05) is 12.9 Å². The van der Waals surface area contributed by atoms with Crippen molar-refractivity contribution in [2.45, 2.75) is 64.3 Å². The second-order valence-electron chi connectivity index (χ2n) is 7.27. The van der Waals surface area contributed by atoms with E-state index >= 15 is 0 Å². The molecule has 138 valence electrons. The van der Waals surface area contributed by atoms with E-state index in [1.165, 1.54) is 0 Å². The predicted octanol–water partition coefficient (Wildman–Crippen LogP) is 0.629. The Morgan fingerprint density at radius 3 is 2.38 bits per heavy atom. The van der Waals surface area contributed by atoms with Gasteiger partial charge in [-0.2, -0.15) is 8.42 Å². The van der Waals surface area contributed by atoms with Crippen LogP contribution in [0.3, 0.4) is 0 Å². The normalized spacial score (nSPS) is 29.7. The highest BCUT2D eigenvalue weighted by Crippen LogP contribution is 2.38. The Morgan fingerprint density at radius 1 is 1.29 bits per heavy atom. The Labute approximate surface area is 141 Å². The van der Waals surface area contributed by atoms with E-state index in [4.69, 9.17) is 18.4 Å². The topological polar surface area (TPSA) is 108 Å². The number of hydrogen-bond acceptors (Lipinski definition) is 8. The summed E-state index contributed by atoms with van der Waals surface area (Å²) < 4.78 is 43.8. The highest BCUT2D eigenvalue weighted by molar-refractivity contribution is 7.85. The summed E-state index contributed by atoms with van der Waals surface area (Å²) in [4.78, 5) is 25.7. The van der Waals surface area contributed by atoms with Crippen LogP contribution in [0.15, 0.2) is 0 Å². The highest BCUT2D eigenvalue weighted by atomic mass is 32.2. The Balaban J connectivity index is 2.27. The maximum absolute atomic E-state index is 12.6. The Bertz CT molecular complexity index is 636. The maximum Gasteiger partial charge on any atom is 0.417 e. The standard InChI is InChI=1S/C14H23NO8S/c1-13(2,3)23-12(17)15-8(7-20-24(6,18)19)9-10(11(15)16)22-14(4,5)21-9/h8-10H,7H2,1-6H3/t8-,9?,10+/m1/s1. The first-order chi connectivity index (χ1) is 10.7. The first kappa shape index (κ1) is 19.1. The van der Waals surface area contributed by atoms with E-state index in [1.54, 1.807) is 34.6 Å². The third-order valence-electron chi connectivity index (χ3n) is 3.36. The van der Waals surface area contributed by atoms with Crippen molar-refractivity contribution in [1.82, 2.24) is 4.90 Å². The molecule has 0 spiro atoms. The molecule has 2 heterocycles. The fourth-order valence-corrected chi connectivity index (χ4v) is 2.99. The number of carbonyl (C=O) groups excluding carboxylic acids is 2. The van der Waals surface area contributed by atoms with Crippen molar-refractivity contribution >= 4 is 22.1 Å². The molecule has 0 aromatic carbocycles. The first-order valence-electron chi connectivity index (χ1n) is 7.46. The van der Waals surface area contributed by atoms with Crippen molar-refractivity contribution in [3.05, 3.63) is 0 Å². The third-order valence-corrected chi connectivity index (χ3v) is 3.93. The molecule has 0 saturated carbocycles. The molecule has 2 aliphatic heterocycles. The van der Waals surface area contributed by atoms with Crippen molar-refractivity contribution in [3.63, 3.8) is 0 Å². The van der Waals surface area contributed by atoms with Crippen LogP contribution in [0.5, 0.6) is 0 Å². The van der Waals surface area contributed by atoms with E-state index in [0.717, 1.165) is 11.2 Å². The summed E-state index contributed by atoms with van der Waals surface area (Å²) in [6, 6.07) is -0.964. The van der Waals surface area contributed by atoms with Crippen LogP contribution in [-0.2, 0) is 33.3 Å². The number of likely N-dealkylation sites (tertiary alicyclic amines) is 1. The summed E-state index contributed by atoms with van der Waals surface area (Å²) in [6.07, 6.45) is -1.86. The quantitative estimate of drug-likeness (QED) is 0.670. The molecule has 24 heavy (non-hydrogen) atoms. The van der Waals surface area contributed by atoms with Crippen LogP contribution >= 0.6 is 0 Å². The SMILES string of the molecule is CC(C)(C)OC(=O)N1C(=O)[C@H]2OC(C)(C)OC2[C@H]1COS(C)(=O)=O. The number of imide groups is 1. The van der Waals surface area contributed by atoms with E-state index in [-0.39, 0.29) is 0 Å². The minimum atomic E-state index is -3.76. The van der Waals surface area contributed by atoms with Gasteiger partial charge in [-0.3, -0.25) is 8.98 Å². The van der Waals surface area contributed by atoms with Crippen LogP contribution < -0.4 is 0 Å². The lowest BCUT2D eigenvalue weighted by molar-refractivity contribution is -0.172. The predicted molar refractivity (Wildman–Crippen MR) is 81.5 cm³/mol. The molecular weight excluding hydrogens is 342 g/mol. The number of nitrogens with zero attached hydrogens (tertiary/aromatic N) is 1. The van der Waals surface area contributed by atoms with E-state index in [9.17, 15) is 18.0 Å². The number of rotatable bonds is 3. The van der Waals surface area contributed by atoms with Crippen molar-refractivity contribution < 1.29 is 36.4 Å². The molecule has 2 aliphatic rings. The molecular formula is C14H23NO8S. The zero-order valence-corrected chi connectivity index (χ0v) is 15.4. The number of hydrogen-bond donors (Lipinski definition) is 0. The van der Waals surface area contributed by atoms with Crippen LogP contribution in [0.2, 0.25) is 0 Å². The van der Waals surface area contributed by atoms with Gasteiger partial charge in [-0.25, -0.2) is 9.69 Å². The average Bonchev–Trinajstić information content (AvgIpc) is 2.76. The van der Waals surface area contributed by atoms with Gasteiger partial charge in [-0.05, 0) is 34.6 Å². The smallest absolute Gasteiger partial charge is 0.417 e. The monoisotopic (exact) mass is 365 g/mol. The largest absolute Gasteiger partial charge is 0.443 e. The zero-order valence-electron chi connectivity index (χ0n) is 14.6. The van der Waals surface area contributed by atoms with Gasteiger partial charge in [0.25, 0.3) is 16.0 Å². The van der Waals surface area contributed by atoms with Crippen molar-refractivity contribution in [3.8, 4) is 0 Å². The molecule has 0 N–H and O–H groups in total. The Morgan fingerprint density at radius 2 is 1.88 bits per heavy atom. The minimum absolute atomic E-state index is 0.426. The Hall–Kier alpha value is -1.23. The molecule has 2 amide bonds. The summed E-state index contributed by atoms with van der Waals surface area (Å²) >= 11 is 0. The van der Waals surface area contributed by atoms with Gasteiger partial charge in [-0.15, -0.1) is 0 Å². The van der Waals surface area contributed by atoms with Crippen LogP contribution in [0.4, 0.5) is 4.79 Å². The van der Waals surface area contributed by atoms with E-state index in [0.29, 0.717) is 0 Å². The number of ether oxygens (including phenoxy) is 3. The van der Waals surface area contributed by atoms with E-state index in [2.05, 4.69) is 0 Å². The Kier molecular flexibility index (Phi) is 4.73. The van der Waals surface area contributed by atoms with Gasteiger partial charge in [0.2, 0.25) is 0 Å². The van der Waals surface area contributed by atoms with E-state index < -0.39 is 58.4 Å². The van der Waals surface area contributed by atoms with Gasteiger partial charge >= 0.3 is 6.09 Å². The minimum Gasteiger partial charge on any atom is -0.443 e. The average molecular weight is 365 g/mol. The van der Waals surface area contributed by atoms with Crippen LogP contribution in [0.25, 0.3) is 0 Å². The van der Waals surface area contributed by atoms with Gasteiger partial charge in [-0.1, -0.05) is 0 Å². The van der Waals surface area contributed by atoms with Gasteiger partial charge in [0.15, 0.2) is 11.9 Å². The molecule has 9 nitrogen and oxygen atoms in total. The fourth-order valence-electron chi connectivity index (χ4n) is 2.61. The van der Waals surface area contributed by atoms with Crippen LogP contribution in [-0.4, -0.2) is 67.8 Å². The molecule has 2 rings (SSSR count). The summed E-state index contributed by atoms with van der Waals surface area (Å²) in [5, 5.41) is 0. The van der Waals surface area contributed by atoms with Gasteiger partial charge in [0, 0.05) is 0 Å². The number of amides is 2. The lowest BCUT2D eigenvalue weighted by Gasteiger charge is -2.30. The maximum atomic E-state index is 12.6. The lowest BCUT2D eigenvalue weighted by atomic mass is 10.1. The summed E-state index contributed by atoms with van der Waals surface area (Å²) in [5.74, 6) is -1.66. The zero-order chi connectivity index (χ0) is 18.5. The van der Waals surface area contributed by atoms with Gasteiger partial charge in [0.1, 0.15) is 11.7 Å². The van der Waals surface area contributed by atoms with Crippen molar-refractivity contribution in [2.24, 2.45) is 0 Å².